The van der Waals surface area contributed by atoms with Gasteiger partial charge in [-0.25, -0.2) is 4.79 Å². The summed E-state index contributed by atoms with van der Waals surface area (Å²) >= 11 is 0. The summed E-state index contributed by atoms with van der Waals surface area (Å²) in [6, 6.07) is 19.8. The van der Waals surface area contributed by atoms with Crippen molar-refractivity contribution in [3.63, 3.8) is 0 Å². The number of aromatic nitrogens is 2. The maximum atomic E-state index is 13.2. The second-order valence-corrected chi connectivity index (χ2v) is 8.22. The van der Waals surface area contributed by atoms with Crippen LogP contribution < -0.4 is 5.73 Å². The number of hydrogen-bond acceptors (Lipinski definition) is 5. The molecule has 0 unspecified atom stereocenters. The Morgan fingerprint density at radius 1 is 1.15 bits per heavy atom. The number of hydrogen-bond donors (Lipinski definition) is 2. The number of rotatable bonds is 5. The monoisotopic (exact) mass is 452 g/mol. The molecule has 7 nitrogen and oxygen atoms in total. The molecule has 4 aromatic rings. The molecular weight excluding hydrogens is 428 g/mol. The van der Waals surface area contributed by atoms with E-state index >= 15 is 0 Å². The van der Waals surface area contributed by atoms with E-state index in [2.05, 4.69) is 16.3 Å². The average Bonchev–Trinajstić information content (AvgIpc) is 3.41. The van der Waals surface area contributed by atoms with Gasteiger partial charge >= 0.3 is 5.97 Å². The van der Waals surface area contributed by atoms with E-state index < -0.39 is 5.97 Å². The highest BCUT2D eigenvalue weighted by atomic mass is 16.5. The lowest BCUT2D eigenvalue weighted by atomic mass is 9.94. The molecule has 1 amide bonds. The number of fused-ring (bicyclic) bond motifs is 2. The van der Waals surface area contributed by atoms with Gasteiger partial charge in [0.2, 0.25) is 0 Å². The number of ether oxygens (including phenoxy) is 1. The van der Waals surface area contributed by atoms with Gasteiger partial charge in [-0.1, -0.05) is 42.5 Å². The smallest absolute Gasteiger partial charge is 0.335 e. The molecule has 0 saturated heterocycles. The number of nitrogen functional groups attached to an aromatic ring is 1. The Morgan fingerprint density at radius 2 is 1.94 bits per heavy atom. The molecule has 3 N–H and O–H groups in total. The van der Waals surface area contributed by atoms with Gasteiger partial charge in [0.1, 0.15) is 0 Å². The van der Waals surface area contributed by atoms with Crippen LogP contribution in [0.4, 0.5) is 5.69 Å². The zero-order valence-electron chi connectivity index (χ0n) is 19.0. The molecule has 3 aromatic carbocycles. The fraction of sp³-hybridized carbons (Fsp3) is 0.148. The Labute approximate surface area is 196 Å². The van der Waals surface area contributed by atoms with Crippen LogP contribution >= 0.6 is 0 Å². The minimum atomic E-state index is -0.446. The Bertz CT molecular complexity index is 1450. The van der Waals surface area contributed by atoms with E-state index in [1.807, 2.05) is 48.5 Å². The van der Waals surface area contributed by atoms with Crippen molar-refractivity contribution in [3.8, 4) is 22.4 Å². The van der Waals surface area contributed by atoms with Crippen molar-refractivity contribution in [3.05, 3.63) is 83.6 Å². The quantitative estimate of drug-likeness (QED) is 0.255. The highest BCUT2D eigenvalue weighted by molar-refractivity contribution is 6.06. The van der Waals surface area contributed by atoms with Gasteiger partial charge in [-0.15, -0.1) is 0 Å². The van der Waals surface area contributed by atoms with Crippen LogP contribution in [0.25, 0.3) is 33.3 Å². The molecule has 0 atom stereocenters. The second-order valence-electron chi connectivity index (χ2n) is 8.22. The van der Waals surface area contributed by atoms with Gasteiger partial charge in [-0.3, -0.25) is 9.89 Å². The van der Waals surface area contributed by atoms with Crippen LogP contribution in [0.2, 0.25) is 0 Å². The van der Waals surface area contributed by atoms with Crippen LogP contribution in [0.3, 0.4) is 0 Å². The predicted molar refractivity (Wildman–Crippen MR) is 132 cm³/mol. The normalized spacial score (nSPS) is 13.4. The number of aromatic amines is 1. The average molecular weight is 453 g/mol. The minimum absolute atomic E-state index is 0.229. The Balaban J connectivity index is 1.57. The molecule has 0 spiro atoms. The van der Waals surface area contributed by atoms with E-state index in [9.17, 15) is 9.59 Å². The van der Waals surface area contributed by atoms with Crippen molar-refractivity contribution in [2.24, 2.45) is 0 Å². The number of amides is 1. The molecule has 5 rings (SSSR count). The molecule has 1 aliphatic heterocycles. The minimum Gasteiger partial charge on any atom is -0.463 e. The third-order valence-corrected chi connectivity index (χ3v) is 6.02. The van der Waals surface area contributed by atoms with E-state index in [0.717, 1.165) is 38.9 Å². The molecule has 0 radical (unpaired) electrons. The van der Waals surface area contributed by atoms with Gasteiger partial charge in [0.25, 0.3) is 5.91 Å². The summed E-state index contributed by atoms with van der Waals surface area (Å²) in [4.78, 5) is 26.7. The van der Waals surface area contributed by atoms with Crippen molar-refractivity contribution in [1.29, 1.82) is 0 Å². The topological polar surface area (TPSA) is 101 Å². The molecule has 0 bridgehead atoms. The van der Waals surface area contributed by atoms with E-state index in [4.69, 9.17) is 10.5 Å². The van der Waals surface area contributed by atoms with Crippen LogP contribution in [-0.4, -0.2) is 33.6 Å². The summed E-state index contributed by atoms with van der Waals surface area (Å²) in [5.74, 6) is -0.675. The summed E-state index contributed by atoms with van der Waals surface area (Å²) in [5, 5.41) is 8.61. The first kappa shape index (κ1) is 21.5. The highest BCUT2D eigenvalue weighted by Gasteiger charge is 2.31. The fourth-order valence-corrected chi connectivity index (χ4v) is 4.37. The lowest BCUT2D eigenvalue weighted by Gasteiger charge is -2.12. The van der Waals surface area contributed by atoms with Crippen LogP contribution in [-0.2, 0) is 16.1 Å². The lowest BCUT2D eigenvalue weighted by Crippen LogP contribution is -2.20. The maximum Gasteiger partial charge on any atom is 0.335 e. The standard InChI is InChI=1S/C27H24N4O3/c1-3-34-27(33)16(2)14-31-15-21-19(10-11-22(28)24(21)26(31)32)18-9-12-23-20(13-18)25(30-29-23)17-7-5-4-6-8-17/h4-14H,3,15,28H2,1-2H3,(H,29,30)/b16-14+. The molecule has 0 aliphatic carbocycles. The van der Waals surface area contributed by atoms with Crippen LogP contribution in [0.5, 0.6) is 0 Å². The number of nitrogens with one attached hydrogen (secondary N) is 1. The summed E-state index contributed by atoms with van der Waals surface area (Å²) in [6.45, 7) is 3.97. The summed E-state index contributed by atoms with van der Waals surface area (Å²) in [5.41, 5.74) is 13.0. The number of H-pyrrole nitrogens is 1. The molecule has 34 heavy (non-hydrogen) atoms. The Kier molecular flexibility index (Phi) is 5.37. The van der Waals surface area contributed by atoms with Crippen LogP contribution in [0, 0.1) is 0 Å². The van der Waals surface area contributed by atoms with Crippen molar-refractivity contribution in [2.75, 3.05) is 12.3 Å². The van der Waals surface area contributed by atoms with Gasteiger partial charge in [-0.05, 0) is 48.7 Å². The number of esters is 1. The number of benzene rings is 3. The van der Waals surface area contributed by atoms with E-state index in [-0.39, 0.29) is 12.5 Å². The van der Waals surface area contributed by atoms with Gasteiger partial charge in [-0.2, -0.15) is 5.10 Å². The maximum absolute atomic E-state index is 13.2. The molecular formula is C27H24N4O3. The molecule has 170 valence electrons. The van der Waals surface area contributed by atoms with Crippen molar-refractivity contribution in [2.45, 2.75) is 20.4 Å². The van der Waals surface area contributed by atoms with Gasteiger partial charge < -0.3 is 15.4 Å². The van der Waals surface area contributed by atoms with Crippen LogP contribution in [0.1, 0.15) is 29.8 Å². The lowest BCUT2D eigenvalue weighted by molar-refractivity contribution is -0.138. The predicted octanol–water partition coefficient (Wildman–Crippen LogP) is 4.90. The first-order valence-corrected chi connectivity index (χ1v) is 11.1. The van der Waals surface area contributed by atoms with E-state index in [1.165, 1.54) is 11.1 Å². The van der Waals surface area contributed by atoms with E-state index in [0.29, 0.717) is 23.4 Å². The van der Waals surface area contributed by atoms with Crippen molar-refractivity contribution < 1.29 is 14.3 Å². The number of nitrogens with zero attached hydrogens (tertiary/aromatic N) is 2. The number of carbonyl (C=O) groups is 2. The molecule has 1 aromatic heterocycles. The molecule has 1 aliphatic rings. The number of carbonyl (C=O) groups excluding carboxylic acids is 2. The van der Waals surface area contributed by atoms with Gasteiger partial charge in [0.05, 0.1) is 35.5 Å². The van der Waals surface area contributed by atoms with Crippen LogP contribution in [0.15, 0.2) is 72.4 Å². The van der Waals surface area contributed by atoms with Gasteiger partial charge in [0, 0.05) is 22.8 Å². The Morgan fingerprint density at radius 3 is 2.71 bits per heavy atom. The number of nitrogens with two attached hydrogens (primary N) is 1. The third kappa shape index (κ3) is 3.61. The highest BCUT2D eigenvalue weighted by Crippen LogP contribution is 2.38. The van der Waals surface area contributed by atoms with Crippen molar-refractivity contribution in [1.82, 2.24) is 15.1 Å². The second kappa shape index (κ2) is 8.51. The Hall–Kier alpha value is -4.39. The first-order valence-electron chi connectivity index (χ1n) is 11.1. The SMILES string of the molecule is CCOC(=O)/C(C)=C/N1Cc2c(-c3ccc4[nH]nc(-c5ccccc5)c4c3)ccc(N)c2C1=O. The summed E-state index contributed by atoms with van der Waals surface area (Å²) < 4.78 is 5.05. The summed E-state index contributed by atoms with van der Waals surface area (Å²) in [6.07, 6.45) is 1.54. The largest absolute Gasteiger partial charge is 0.463 e. The van der Waals surface area contributed by atoms with Crippen molar-refractivity contribution >= 4 is 28.5 Å². The molecule has 0 saturated carbocycles. The molecule has 7 heteroatoms. The van der Waals surface area contributed by atoms with Gasteiger partial charge in [0.15, 0.2) is 0 Å². The third-order valence-electron chi connectivity index (χ3n) is 6.02. The zero-order valence-corrected chi connectivity index (χ0v) is 19.0. The zero-order chi connectivity index (χ0) is 23.8. The number of anilines is 1. The first-order chi connectivity index (χ1) is 16.5. The van der Waals surface area contributed by atoms with E-state index in [1.54, 1.807) is 19.9 Å². The fourth-order valence-electron chi connectivity index (χ4n) is 4.37. The summed E-state index contributed by atoms with van der Waals surface area (Å²) in [7, 11) is 0. The molecule has 0 fully saturated rings. The molecule has 2 heterocycles.